The Morgan fingerprint density at radius 2 is 1.81 bits per heavy atom. The van der Waals surface area contributed by atoms with Gasteiger partial charge in [-0.15, -0.1) is 0 Å². The maximum absolute atomic E-state index is 12.7. The minimum atomic E-state index is -4.49. The first kappa shape index (κ1) is 18.1. The van der Waals surface area contributed by atoms with Gasteiger partial charge in [0, 0.05) is 29.1 Å². The van der Waals surface area contributed by atoms with Gasteiger partial charge in [-0.3, -0.25) is 9.67 Å². The average Bonchev–Trinajstić information content (AvgIpc) is 3.23. The molecule has 9 heteroatoms. The van der Waals surface area contributed by atoms with Crippen LogP contribution in [0.15, 0.2) is 35.1 Å². The van der Waals surface area contributed by atoms with Crippen LogP contribution < -0.4 is 0 Å². The number of rotatable bonds is 3. The van der Waals surface area contributed by atoms with Gasteiger partial charge in [0.25, 0.3) is 5.89 Å². The summed E-state index contributed by atoms with van der Waals surface area (Å²) >= 11 is 0. The zero-order chi connectivity index (χ0) is 19.1. The molecule has 0 radical (unpaired) electrons. The molecular weight excluding hydrogens is 347 g/mol. The summed E-state index contributed by atoms with van der Waals surface area (Å²) < 4.78 is 44.4. The fraction of sp³-hybridized carbons (Fsp3) is 0.412. The van der Waals surface area contributed by atoms with Crippen LogP contribution in [0.2, 0.25) is 0 Å². The van der Waals surface area contributed by atoms with E-state index in [0.29, 0.717) is 11.4 Å². The van der Waals surface area contributed by atoms with Crippen molar-refractivity contribution in [1.82, 2.24) is 24.9 Å². The van der Waals surface area contributed by atoms with E-state index in [9.17, 15) is 13.2 Å². The first-order chi connectivity index (χ1) is 12.1. The Balaban J connectivity index is 1.82. The molecule has 1 unspecified atom stereocenters. The number of hydrogen-bond acceptors (Lipinski definition) is 5. The lowest BCUT2D eigenvalue weighted by atomic mass is 9.91. The molecule has 0 aliphatic rings. The molecular formula is C17H18F3N5O. The fourth-order valence-corrected chi connectivity index (χ4v) is 2.31. The lowest BCUT2D eigenvalue weighted by Crippen LogP contribution is -2.13. The highest BCUT2D eigenvalue weighted by molar-refractivity contribution is 5.52. The monoisotopic (exact) mass is 365 g/mol. The van der Waals surface area contributed by atoms with Crippen LogP contribution in [0.5, 0.6) is 0 Å². The minimum Gasteiger partial charge on any atom is -0.337 e. The minimum absolute atomic E-state index is 0.0776. The molecule has 0 aliphatic carbocycles. The van der Waals surface area contributed by atoms with E-state index in [1.807, 2.05) is 12.1 Å². The number of pyridine rings is 1. The van der Waals surface area contributed by atoms with Crippen LogP contribution in [0.1, 0.15) is 51.0 Å². The molecule has 0 aromatic carbocycles. The molecule has 0 bridgehead atoms. The topological polar surface area (TPSA) is 69.6 Å². The van der Waals surface area contributed by atoms with Gasteiger partial charge in [0.1, 0.15) is 6.04 Å². The number of alkyl halides is 3. The van der Waals surface area contributed by atoms with Crippen LogP contribution in [0.3, 0.4) is 0 Å². The first-order valence-corrected chi connectivity index (χ1v) is 7.98. The lowest BCUT2D eigenvalue weighted by molar-refractivity contribution is -0.141. The van der Waals surface area contributed by atoms with E-state index in [2.05, 4.69) is 41.0 Å². The standard InChI is InChI=1S/C17H18F3N5O/c1-10(25-8-7-13(23-25)17(18,19)20)15-22-14(24-26-15)11-5-6-12(21-9-11)16(2,3)4/h5-10H,1-4H3. The quantitative estimate of drug-likeness (QED) is 0.694. The molecule has 0 amide bonds. The Hall–Kier alpha value is -2.71. The third-order valence-corrected chi connectivity index (χ3v) is 3.88. The molecule has 26 heavy (non-hydrogen) atoms. The normalized spacial score (nSPS) is 13.8. The third kappa shape index (κ3) is 3.61. The molecule has 6 nitrogen and oxygen atoms in total. The largest absolute Gasteiger partial charge is 0.435 e. The highest BCUT2D eigenvalue weighted by Gasteiger charge is 2.34. The van der Waals surface area contributed by atoms with Crippen molar-refractivity contribution in [1.29, 1.82) is 0 Å². The maximum Gasteiger partial charge on any atom is 0.435 e. The van der Waals surface area contributed by atoms with Crippen LogP contribution in [-0.2, 0) is 11.6 Å². The van der Waals surface area contributed by atoms with Crippen molar-refractivity contribution < 1.29 is 17.7 Å². The highest BCUT2D eigenvalue weighted by atomic mass is 19.4. The third-order valence-electron chi connectivity index (χ3n) is 3.88. The van der Waals surface area contributed by atoms with Gasteiger partial charge >= 0.3 is 6.18 Å². The smallest absolute Gasteiger partial charge is 0.337 e. The van der Waals surface area contributed by atoms with Crippen LogP contribution in [0.25, 0.3) is 11.4 Å². The summed E-state index contributed by atoms with van der Waals surface area (Å²) in [6.07, 6.45) is -1.61. The van der Waals surface area contributed by atoms with Crippen LogP contribution in [-0.4, -0.2) is 24.9 Å². The van der Waals surface area contributed by atoms with Crippen LogP contribution in [0, 0.1) is 0 Å². The molecule has 1 atom stereocenters. The van der Waals surface area contributed by atoms with Crippen molar-refractivity contribution in [2.45, 2.75) is 45.3 Å². The maximum atomic E-state index is 12.7. The van der Waals surface area contributed by atoms with Crippen LogP contribution >= 0.6 is 0 Å². The van der Waals surface area contributed by atoms with Crippen molar-refractivity contribution in [3.05, 3.63) is 47.9 Å². The Bertz CT molecular complexity index is 890. The number of nitrogens with zero attached hydrogens (tertiary/aromatic N) is 5. The second-order valence-electron chi connectivity index (χ2n) is 6.99. The van der Waals surface area contributed by atoms with Gasteiger partial charge in [0.15, 0.2) is 5.69 Å². The molecule has 3 rings (SSSR count). The Labute approximate surface area is 148 Å². The Kier molecular flexibility index (Phi) is 4.33. The zero-order valence-corrected chi connectivity index (χ0v) is 14.7. The van der Waals surface area contributed by atoms with E-state index >= 15 is 0 Å². The predicted octanol–water partition coefficient (Wildman–Crippen LogP) is 4.25. The van der Waals surface area contributed by atoms with E-state index in [1.54, 1.807) is 13.1 Å². The van der Waals surface area contributed by atoms with Crippen molar-refractivity contribution in [2.24, 2.45) is 0 Å². The molecule has 0 fully saturated rings. The van der Waals surface area contributed by atoms with Gasteiger partial charge in [0.2, 0.25) is 5.82 Å². The summed E-state index contributed by atoms with van der Waals surface area (Å²) in [6, 6.07) is 4.00. The molecule has 0 N–H and O–H groups in total. The summed E-state index contributed by atoms with van der Waals surface area (Å²) in [7, 11) is 0. The van der Waals surface area contributed by atoms with E-state index in [1.165, 1.54) is 6.20 Å². The number of hydrogen-bond donors (Lipinski definition) is 0. The zero-order valence-electron chi connectivity index (χ0n) is 14.7. The van der Waals surface area contributed by atoms with Crippen molar-refractivity contribution in [3.63, 3.8) is 0 Å². The predicted molar refractivity (Wildman–Crippen MR) is 87.3 cm³/mol. The summed E-state index contributed by atoms with van der Waals surface area (Å²) in [5, 5.41) is 7.42. The molecule has 3 aromatic heterocycles. The number of halogens is 3. The molecule has 138 valence electrons. The van der Waals surface area contributed by atoms with E-state index in [4.69, 9.17) is 4.52 Å². The molecule has 3 heterocycles. The highest BCUT2D eigenvalue weighted by Crippen LogP contribution is 2.29. The van der Waals surface area contributed by atoms with Crippen molar-refractivity contribution >= 4 is 0 Å². The van der Waals surface area contributed by atoms with E-state index < -0.39 is 17.9 Å². The number of aromatic nitrogens is 5. The van der Waals surface area contributed by atoms with E-state index in [0.717, 1.165) is 16.4 Å². The van der Waals surface area contributed by atoms with Crippen molar-refractivity contribution in [3.8, 4) is 11.4 Å². The second kappa shape index (κ2) is 6.22. The van der Waals surface area contributed by atoms with Gasteiger partial charge in [-0.25, -0.2) is 0 Å². The molecule has 0 spiro atoms. The van der Waals surface area contributed by atoms with Gasteiger partial charge in [-0.2, -0.15) is 23.3 Å². The second-order valence-corrected chi connectivity index (χ2v) is 6.99. The molecule has 0 saturated heterocycles. The SMILES string of the molecule is CC(c1nc(-c2ccc(C(C)(C)C)nc2)no1)n1ccc(C(F)(F)F)n1. The fourth-order valence-electron chi connectivity index (χ4n) is 2.31. The van der Waals surface area contributed by atoms with Crippen LogP contribution in [0.4, 0.5) is 13.2 Å². The van der Waals surface area contributed by atoms with Gasteiger partial charge in [-0.05, 0) is 25.1 Å². The van der Waals surface area contributed by atoms with E-state index in [-0.39, 0.29) is 11.3 Å². The Morgan fingerprint density at radius 3 is 2.35 bits per heavy atom. The summed E-state index contributed by atoms with van der Waals surface area (Å²) in [6.45, 7) is 7.80. The van der Waals surface area contributed by atoms with Gasteiger partial charge in [0.05, 0.1) is 0 Å². The lowest BCUT2D eigenvalue weighted by Gasteiger charge is -2.17. The molecule has 0 aliphatic heterocycles. The van der Waals surface area contributed by atoms with Gasteiger partial charge in [-0.1, -0.05) is 25.9 Å². The summed E-state index contributed by atoms with van der Waals surface area (Å²) in [4.78, 5) is 8.66. The summed E-state index contributed by atoms with van der Waals surface area (Å²) in [5.41, 5.74) is 0.545. The molecule has 0 saturated carbocycles. The first-order valence-electron chi connectivity index (χ1n) is 7.98. The van der Waals surface area contributed by atoms with Gasteiger partial charge < -0.3 is 4.52 Å². The summed E-state index contributed by atoms with van der Waals surface area (Å²) in [5.74, 6) is 0.486. The Morgan fingerprint density at radius 1 is 1.08 bits per heavy atom. The average molecular weight is 365 g/mol. The van der Waals surface area contributed by atoms with Crippen molar-refractivity contribution in [2.75, 3.05) is 0 Å². The molecule has 3 aromatic rings.